The molecule has 4 nitrogen and oxygen atoms in total. The van der Waals surface area contributed by atoms with Crippen LogP contribution in [0.15, 0.2) is 0 Å². The molecule has 0 heterocycles. The standard InChI is InChI=1S/C2H4O3.Na.H2O.H/c1-5-2(3)4;;;/h1H3,(H,3,4);;1H2;. The molecule has 0 aromatic heterocycles. The average Bonchev–Trinajstić information content (AvgIpc) is 1.38. The Morgan fingerprint density at radius 3 is 1.86 bits per heavy atom. The van der Waals surface area contributed by atoms with E-state index in [1.165, 1.54) is 0 Å². The first-order chi connectivity index (χ1) is 2.27. The van der Waals surface area contributed by atoms with Gasteiger partial charge in [0.15, 0.2) is 0 Å². The van der Waals surface area contributed by atoms with E-state index in [0.29, 0.717) is 0 Å². The van der Waals surface area contributed by atoms with Gasteiger partial charge in [0, 0.05) is 0 Å². The minimum absolute atomic E-state index is 0. The molecule has 0 aliphatic carbocycles. The van der Waals surface area contributed by atoms with Gasteiger partial charge in [0.1, 0.15) is 0 Å². The van der Waals surface area contributed by atoms with E-state index >= 15 is 0 Å². The van der Waals surface area contributed by atoms with Crippen molar-refractivity contribution in [2.75, 3.05) is 7.11 Å². The molecule has 5 heteroatoms. The fourth-order valence-electron chi connectivity index (χ4n) is 0. The maximum atomic E-state index is 9.15. The second kappa shape index (κ2) is 9.52. The topological polar surface area (TPSA) is 78.0 Å². The van der Waals surface area contributed by atoms with Crippen molar-refractivity contribution in [3.63, 3.8) is 0 Å². The van der Waals surface area contributed by atoms with Crippen LogP contribution in [0, 0.1) is 0 Å². The van der Waals surface area contributed by atoms with Crippen LogP contribution in [-0.2, 0) is 4.74 Å². The molecular weight excluding hydrogens is 111 g/mol. The molecule has 0 aliphatic rings. The summed E-state index contributed by atoms with van der Waals surface area (Å²) in [7, 11) is 1.10. The van der Waals surface area contributed by atoms with Crippen LogP contribution in [0.4, 0.5) is 4.79 Å². The van der Waals surface area contributed by atoms with Gasteiger partial charge in [-0.05, 0) is 0 Å². The quantitative estimate of drug-likeness (QED) is 0.322. The second-order valence-electron chi connectivity index (χ2n) is 0.470. The first-order valence-electron chi connectivity index (χ1n) is 1.04. The molecule has 0 atom stereocenters. The van der Waals surface area contributed by atoms with Crippen molar-refractivity contribution in [1.29, 1.82) is 0 Å². The Kier molecular flexibility index (Phi) is 21.3. The fourth-order valence-corrected chi connectivity index (χ4v) is 0. The Bertz CT molecular complexity index is 45.0. The normalized spacial score (nSPS) is 4.71. The van der Waals surface area contributed by atoms with Gasteiger partial charge in [-0.1, -0.05) is 0 Å². The number of carbonyl (C=O) groups is 1. The summed E-state index contributed by atoms with van der Waals surface area (Å²) < 4.78 is 3.67. The maximum absolute atomic E-state index is 9.15. The third-order valence-corrected chi connectivity index (χ3v) is 0.175. The van der Waals surface area contributed by atoms with Gasteiger partial charge >= 0.3 is 35.7 Å². The molecule has 3 N–H and O–H groups in total. The Labute approximate surface area is 63.1 Å². The van der Waals surface area contributed by atoms with E-state index < -0.39 is 6.16 Å². The zero-order chi connectivity index (χ0) is 4.28. The number of hydrogen-bond acceptors (Lipinski definition) is 2. The molecule has 0 aromatic rings. The number of methoxy groups -OCH3 is 1. The first-order valence-corrected chi connectivity index (χ1v) is 1.04. The van der Waals surface area contributed by atoms with E-state index in [4.69, 9.17) is 9.90 Å². The molecule has 0 amide bonds. The van der Waals surface area contributed by atoms with Crippen molar-refractivity contribution in [2.24, 2.45) is 0 Å². The number of rotatable bonds is 0. The Hall–Kier alpha value is 0.230. The van der Waals surface area contributed by atoms with Crippen LogP contribution in [0.25, 0.3) is 0 Å². The summed E-state index contributed by atoms with van der Waals surface area (Å²) in [6.07, 6.45) is -1.25. The molecule has 0 rings (SSSR count). The SMILES string of the molecule is COC(=O)O.O.[NaH]. The van der Waals surface area contributed by atoms with Crippen molar-refractivity contribution in [2.45, 2.75) is 0 Å². The molecule has 0 aromatic carbocycles. The molecule has 7 heavy (non-hydrogen) atoms. The summed E-state index contributed by atoms with van der Waals surface area (Å²) in [5, 5.41) is 7.50. The molecule has 0 unspecified atom stereocenters. The van der Waals surface area contributed by atoms with Crippen molar-refractivity contribution in [1.82, 2.24) is 0 Å². The Balaban J connectivity index is -0.0000000800. The number of ether oxygens (including phenoxy) is 1. The number of carboxylic acid groups (broad SMARTS) is 1. The van der Waals surface area contributed by atoms with E-state index in [9.17, 15) is 0 Å². The third-order valence-electron chi connectivity index (χ3n) is 0.175. The summed E-state index contributed by atoms with van der Waals surface area (Å²) in [6, 6.07) is 0. The predicted octanol–water partition coefficient (Wildman–Crippen LogP) is -1.16. The van der Waals surface area contributed by atoms with Gasteiger partial charge in [-0.25, -0.2) is 4.79 Å². The van der Waals surface area contributed by atoms with E-state index in [-0.39, 0.29) is 35.0 Å². The van der Waals surface area contributed by atoms with Crippen LogP contribution in [0.5, 0.6) is 0 Å². The molecule has 0 spiro atoms. The summed E-state index contributed by atoms with van der Waals surface area (Å²) in [5.74, 6) is 0. The second-order valence-corrected chi connectivity index (χ2v) is 0.470. The van der Waals surface area contributed by atoms with Crippen LogP contribution in [0.2, 0.25) is 0 Å². The van der Waals surface area contributed by atoms with Crippen LogP contribution in [-0.4, -0.2) is 53.4 Å². The molecule has 0 saturated heterocycles. The van der Waals surface area contributed by atoms with Gasteiger partial charge in [0.2, 0.25) is 0 Å². The van der Waals surface area contributed by atoms with Crippen molar-refractivity contribution in [3.8, 4) is 0 Å². The van der Waals surface area contributed by atoms with Gasteiger partial charge in [-0.15, -0.1) is 0 Å². The third kappa shape index (κ3) is 22.4. The fraction of sp³-hybridized carbons (Fsp3) is 0.500. The summed E-state index contributed by atoms with van der Waals surface area (Å²) >= 11 is 0. The first kappa shape index (κ1) is 15.7. The molecule has 0 saturated carbocycles. The zero-order valence-electron chi connectivity index (χ0n) is 3.26. The Morgan fingerprint density at radius 1 is 1.71 bits per heavy atom. The average molecular weight is 118 g/mol. The zero-order valence-corrected chi connectivity index (χ0v) is 3.26. The monoisotopic (exact) mass is 118 g/mol. The van der Waals surface area contributed by atoms with Gasteiger partial charge in [-0.2, -0.15) is 0 Å². The van der Waals surface area contributed by atoms with Crippen LogP contribution in [0.3, 0.4) is 0 Å². The van der Waals surface area contributed by atoms with Gasteiger partial charge < -0.3 is 15.3 Å². The van der Waals surface area contributed by atoms with Crippen LogP contribution < -0.4 is 0 Å². The molecule has 0 aliphatic heterocycles. The van der Waals surface area contributed by atoms with Gasteiger partial charge in [0.05, 0.1) is 7.11 Å². The van der Waals surface area contributed by atoms with Crippen LogP contribution >= 0.6 is 0 Å². The van der Waals surface area contributed by atoms with E-state index in [0.717, 1.165) is 7.11 Å². The van der Waals surface area contributed by atoms with Crippen LogP contribution in [0.1, 0.15) is 0 Å². The van der Waals surface area contributed by atoms with Crippen molar-refractivity contribution < 1.29 is 20.1 Å². The molecule has 0 radical (unpaired) electrons. The summed E-state index contributed by atoms with van der Waals surface area (Å²) in [4.78, 5) is 9.15. The van der Waals surface area contributed by atoms with Crippen molar-refractivity contribution in [3.05, 3.63) is 0 Å². The predicted molar refractivity (Wildman–Crippen MR) is 25.8 cm³/mol. The van der Waals surface area contributed by atoms with Gasteiger partial charge in [0.25, 0.3) is 0 Å². The van der Waals surface area contributed by atoms with E-state index in [1.807, 2.05) is 0 Å². The van der Waals surface area contributed by atoms with E-state index in [2.05, 4.69) is 4.74 Å². The molecule has 0 fully saturated rings. The summed E-state index contributed by atoms with van der Waals surface area (Å²) in [5.41, 5.74) is 0. The molecule has 0 bridgehead atoms. The Morgan fingerprint density at radius 2 is 1.86 bits per heavy atom. The van der Waals surface area contributed by atoms with E-state index in [1.54, 1.807) is 0 Å². The number of hydrogen-bond donors (Lipinski definition) is 1. The molecule has 40 valence electrons. The molecular formula is C2H7NaO4. The summed E-state index contributed by atoms with van der Waals surface area (Å²) in [6.45, 7) is 0. The van der Waals surface area contributed by atoms with Gasteiger partial charge in [-0.3, -0.25) is 0 Å². The minimum atomic E-state index is -1.25. The van der Waals surface area contributed by atoms with Crippen molar-refractivity contribution >= 4 is 35.7 Å².